The molecule has 1 aromatic heterocycles. The molecule has 0 aliphatic carbocycles. The number of rotatable bonds is 8. The fourth-order valence-corrected chi connectivity index (χ4v) is 3.62. The number of oxazole rings is 1. The number of ether oxygens (including phenoxy) is 1. The topological polar surface area (TPSA) is 101 Å². The maximum atomic E-state index is 12.5. The molecule has 1 atom stereocenters. The van der Waals surface area contributed by atoms with Crippen molar-refractivity contribution in [3.63, 3.8) is 0 Å². The van der Waals surface area contributed by atoms with Gasteiger partial charge < -0.3 is 25.1 Å². The summed E-state index contributed by atoms with van der Waals surface area (Å²) in [6.45, 7) is 2.33. The fraction of sp³-hybridized carbons (Fsp3) is 0.320. The first kappa shape index (κ1) is 22.5. The molecule has 0 saturated carbocycles. The number of hydrogen-bond donors (Lipinski definition) is 3. The maximum Gasteiger partial charge on any atom is 0.251 e. The van der Waals surface area contributed by atoms with E-state index in [4.69, 9.17) is 9.15 Å². The highest BCUT2D eigenvalue weighted by molar-refractivity contribution is 5.94. The lowest BCUT2D eigenvalue weighted by atomic mass is 10.1. The number of benzene rings is 2. The third kappa shape index (κ3) is 6.43. The molecule has 0 radical (unpaired) electrons. The highest BCUT2D eigenvalue weighted by Gasteiger charge is 2.16. The highest BCUT2D eigenvalue weighted by atomic mass is 16.5. The number of nitrogens with one attached hydrogen (secondary N) is 3. The van der Waals surface area contributed by atoms with Crippen molar-refractivity contribution in [2.75, 3.05) is 20.2 Å². The monoisotopic (exact) mass is 447 g/mol. The molecule has 2 aromatic carbocycles. The normalized spacial score (nSPS) is 15.9. The Hall–Kier alpha value is -3.65. The number of aliphatic imine (C=N–C) groups is 1. The van der Waals surface area contributed by atoms with Crippen LogP contribution < -0.4 is 16.0 Å². The molecule has 1 saturated heterocycles. The number of aromatic nitrogens is 1. The van der Waals surface area contributed by atoms with E-state index >= 15 is 0 Å². The molecule has 1 aliphatic rings. The average Bonchev–Trinajstić information content (AvgIpc) is 3.56. The Morgan fingerprint density at radius 2 is 1.94 bits per heavy atom. The van der Waals surface area contributed by atoms with Crippen LogP contribution in [0.5, 0.6) is 0 Å². The Morgan fingerprint density at radius 3 is 2.73 bits per heavy atom. The van der Waals surface area contributed by atoms with E-state index in [1.54, 1.807) is 13.3 Å². The van der Waals surface area contributed by atoms with Crippen LogP contribution in [0.4, 0.5) is 0 Å². The van der Waals surface area contributed by atoms with Crippen LogP contribution >= 0.6 is 0 Å². The van der Waals surface area contributed by atoms with Gasteiger partial charge in [0, 0.05) is 37.9 Å². The van der Waals surface area contributed by atoms with Gasteiger partial charge in [0.1, 0.15) is 6.26 Å². The zero-order valence-electron chi connectivity index (χ0n) is 18.7. The van der Waals surface area contributed by atoms with Crippen LogP contribution in [0, 0.1) is 0 Å². The lowest BCUT2D eigenvalue weighted by molar-refractivity contribution is 0.0857. The molecule has 1 unspecified atom stereocenters. The molecule has 3 N–H and O–H groups in total. The van der Waals surface area contributed by atoms with Crippen molar-refractivity contribution in [2.45, 2.75) is 32.0 Å². The molecule has 172 valence electrons. The smallest absolute Gasteiger partial charge is 0.251 e. The average molecular weight is 448 g/mol. The molecule has 0 bridgehead atoms. The van der Waals surface area contributed by atoms with Gasteiger partial charge in [-0.3, -0.25) is 9.79 Å². The van der Waals surface area contributed by atoms with Crippen molar-refractivity contribution in [3.05, 3.63) is 77.7 Å². The Bertz CT molecular complexity index is 1070. The first-order valence-electron chi connectivity index (χ1n) is 11.1. The summed E-state index contributed by atoms with van der Waals surface area (Å²) in [6, 6.07) is 17.3. The lowest BCUT2D eigenvalue weighted by Gasteiger charge is -2.13. The zero-order chi connectivity index (χ0) is 22.9. The van der Waals surface area contributed by atoms with E-state index < -0.39 is 0 Å². The molecule has 4 rings (SSSR count). The third-order valence-electron chi connectivity index (χ3n) is 5.40. The third-order valence-corrected chi connectivity index (χ3v) is 5.40. The zero-order valence-corrected chi connectivity index (χ0v) is 18.7. The molecule has 8 nitrogen and oxygen atoms in total. The molecule has 33 heavy (non-hydrogen) atoms. The van der Waals surface area contributed by atoms with Gasteiger partial charge in [0.2, 0.25) is 5.89 Å². The molecule has 1 amide bonds. The highest BCUT2D eigenvalue weighted by Crippen LogP contribution is 2.17. The van der Waals surface area contributed by atoms with Gasteiger partial charge in [0.15, 0.2) is 5.96 Å². The first-order valence-corrected chi connectivity index (χ1v) is 11.1. The second-order valence-corrected chi connectivity index (χ2v) is 7.83. The predicted molar refractivity (Wildman–Crippen MR) is 127 cm³/mol. The minimum Gasteiger partial charge on any atom is -0.444 e. The van der Waals surface area contributed by atoms with Crippen molar-refractivity contribution in [3.8, 4) is 11.5 Å². The largest absolute Gasteiger partial charge is 0.444 e. The van der Waals surface area contributed by atoms with Gasteiger partial charge >= 0.3 is 0 Å². The first-order chi connectivity index (χ1) is 16.2. The summed E-state index contributed by atoms with van der Waals surface area (Å²) in [5, 5.41) is 9.46. The number of amides is 1. The summed E-state index contributed by atoms with van der Waals surface area (Å²) in [7, 11) is 1.71. The predicted octanol–water partition coefficient (Wildman–Crippen LogP) is 3.12. The Labute approximate surface area is 193 Å². The van der Waals surface area contributed by atoms with Gasteiger partial charge in [-0.05, 0) is 42.7 Å². The quantitative estimate of drug-likeness (QED) is 0.362. The molecule has 2 heterocycles. The summed E-state index contributed by atoms with van der Waals surface area (Å²) in [6.07, 6.45) is 3.82. The van der Waals surface area contributed by atoms with E-state index in [1.807, 2.05) is 54.6 Å². The Kier molecular flexibility index (Phi) is 7.71. The minimum absolute atomic E-state index is 0.0879. The van der Waals surface area contributed by atoms with E-state index in [-0.39, 0.29) is 12.0 Å². The van der Waals surface area contributed by atoms with E-state index in [0.29, 0.717) is 37.0 Å². The van der Waals surface area contributed by atoms with Gasteiger partial charge in [0.05, 0.1) is 18.3 Å². The summed E-state index contributed by atoms with van der Waals surface area (Å²) in [5.74, 6) is 1.13. The Morgan fingerprint density at radius 1 is 1.09 bits per heavy atom. The van der Waals surface area contributed by atoms with Crippen LogP contribution in [0.15, 0.2) is 70.3 Å². The van der Waals surface area contributed by atoms with Crippen LogP contribution in [0.1, 0.15) is 34.5 Å². The number of carbonyl (C=O) groups excluding carboxylic acids is 1. The van der Waals surface area contributed by atoms with Crippen molar-refractivity contribution in [1.82, 2.24) is 20.9 Å². The minimum atomic E-state index is -0.0879. The molecule has 1 aliphatic heterocycles. The van der Waals surface area contributed by atoms with E-state index in [9.17, 15) is 4.79 Å². The molecular formula is C25H29N5O3. The fourth-order valence-electron chi connectivity index (χ4n) is 3.62. The molecule has 8 heteroatoms. The van der Waals surface area contributed by atoms with Crippen LogP contribution in [-0.4, -0.2) is 43.2 Å². The van der Waals surface area contributed by atoms with E-state index in [0.717, 1.165) is 36.3 Å². The van der Waals surface area contributed by atoms with Crippen LogP contribution in [-0.2, 0) is 17.8 Å². The molecule has 1 fully saturated rings. The second-order valence-electron chi connectivity index (χ2n) is 7.83. The van der Waals surface area contributed by atoms with Gasteiger partial charge in [0.25, 0.3) is 5.91 Å². The number of carbonyl (C=O) groups is 1. The number of nitrogens with zero attached hydrogens (tertiary/aromatic N) is 2. The number of hydrogen-bond acceptors (Lipinski definition) is 5. The number of guanidine groups is 1. The summed E-state index contributed by atoms with van der Waals surface area (Å²) >= 11 is 0. The summed E-state index contributed by atoms with van der Waals surface area (Å²) in [5.41, 5.74) is 3.33. The van der Waals surface area contributed by atoms with Crippen LogP contribution in [0.3, 0.4) is 0 Å². The lowest BCUT2D eigenvalue weighted by Crippen LogP contribution is -2.36. The van der Waals surface area contributed by atoms with Gasteiger partial charge in [-0.1, -0.05) is 30.3 Å². The van der Waals surface area contributed by atoms with Crippen LogP contribution in [0.2, 0.25) is 0 Å². The van der Waals surface area contributed by atoms with Gasteiger partial charge in [-0.25, -0.2) is 4.98 Å². The molecule has 0 spiro atoms. The maximum absolute atomic E-state index is 12.5. The SMILES string of the molecule is CN=C(NCc1cccc(C(=O)NCC2CCCO2)c1)NCc1coc(-c2ccccc2)n1. The summed E-state index contributed by atoms with van der Waals surface area (Å²) in [4.78, 5) is 21.2. The summed E-state index contributed by atoms with van der Waals surface area (Å²) < 4.78 is 11.1. The van der Waals surface area contributed by atoms with E-state index in [2.05, 4.69) is 25.9 Å². The van der Waals surface area contributed by atoms with Gasteiger partial charge in [-0.15, -0.1) is 0 Å². The molecular weight excluding hydrogens is 418 g/mol. The van der Waals surface area contributed by atoms with Crippen molar-refractivity contribution in [2.24, 2.45) is 4.99 Å². The van der Waals surface area contributed by atoms with Crippen LogP contribution in [0.25, 0.3) is 11.5 Å². The second kappa shape index (κ2) is 11.3. The van der Waals surface area contributed by atoms with Crippen molar-refractivity contribution >= 4 is 11.9 Å². The Balaban J connectivity index is 1.26. The van der Waals surface area contributed by atoms with E-state index in [1.165, 1.54) is 0 Å². The van der Waals surface area contributed by atoms with Crippen molar-refractivity contribution in [1.29, 1.82) is 0 Å². The standard InChI is InChI=1S/C25H29N5O3/c1-26-25(29-15-21-17-33-24(30-21)19-8-3-2-4-9-19)28-14-18-7-5-10-20(13-18)23(31)27-16-22-11-6-12-32-22/h2-5,7-10,13,17,22H,6,11-12,14-16H2,1H3,(H,27,31)(H2,26,28,29). The molecule has 3 aromatic rings. The van der Waals surface area contributed by atoms with Crippen molar-refractivity contribution < 1.29 is 13.9 Å². The van der Waals surface area contributed by atoms with Gasteiger partial charge in [-0.2, -0.15) is 0 Å².